The van der Waals surface area contributed by atoms with Crippen molar-refractivity contribution < 1.29 is 4.79 Å². The number of carbonyl (C=O) groups excluding carboxylic acids is 1. The first-order valence-corrected chi connectivity index (χ1v) is 5.94. The Morgan fingerprint density at radius 1 is 1.05 bits per heavy atom. The number of nitrogens with zero attached hydrogens (tertiary/aromatic N) is 1. The number of amides is 1. The van der Waals surface area contributed by atoms with Crippen molar-refractivity contribution in [1.29, 1.82) is 5.26 Å². The van der Waals surface area contributed by atoms with Crippen molar-refractivity contribution in [3.05, 3.63) is 65.2 Å². The molecule has 19 heavy (non-hydrogen) atoms. The molecule has 0 saturated heterocycles. The van der Waals surface area contributed by atoms with Crippen LogP contribution < -0.4 is 10.6 Å². The van der Waals surface area contributed by atoms with E-state index >= 15 is 0 Å². The van der Waals surface area contributed by atoms with Crippen LogP contribution in [0, 0.1) is 11.3 Å². The molecule has 2 N–H and O–H groups in total. The number of fused-ring (bicyclic) bond motifs is 1. The van der Waals surface area contributed by atoms with E-state index in [-0.39, 0.29) is 12.1 Å². The molecule has 0 aromatic heterocycles. The van der Waals surface area contributed by atoms with Crippen molar-refractivity contribution in [3.63, 3.8) is 0 Å². The van der Waals surface area contributed by atoms with E-state index in [1.165, 1.54) is 0 Å². The third-order valence-electron chi connectivity index (χ3n) is 3.10. The second-order valence-electron chi connectivity index (χ2n) is 4.33. The van der Waals surface area contributed by atoms with Crippen LogP contribution in [0.15, 0.2) is 48.5 Å². The summed E-state index contributed by atoms with van der Waals surface area (Å²) in [6.45, 7) is 0. The van der Waals surface area contributed by atoms with Crippen molar-refractivity contribution in [2.24, 2.45) is 0 Å². The zero-order valence-electron chi connectivity index (χ0n) is 10.1. The Morgan fingerprint density at radius 2 is 1.89 bits per heavy atom. The zero-order valence-corrected chi connectivity index (χ0v) is 10.1. The average molecular weight is 249 g/mol. The number of nitriles is 1. The summed E-state index contributed by atoms with van der Waals surface area (Å²) < 4.78 is 0. The maximum atomic E-state index is 12.0. The van der Waals surface area contributed by atoms with E-state index in [9.17, 15) is 4.79 Å². The van der Waals surface area contributed by atoms with Gasteiger partial charge in [-0.05, 0) is 29.8 Å². The van der Waals surface area contributed by atoms with Gasteiger partial charge in [-0.25, -0.2) is 0 Å². The van der Waals surface area contributed by atoms with Gasteiger partial charge in [-0.1, -0.05) is 24.3 Å². The van der Waals surface area contributed by atoms with E-state index in [2.05, 4.69) is 16.7 Å². The Kier molecular flexibility index (Phi) is 2.66. The topological polar surface area (TPSA) is 64.9 Å². The van der Waals surface area contributed by atoms with Gasteiger partial charge in [-0.3, -0.25) is 4.79 Å². The zero-order chi connectivity index (χ0) is 13.2. The monoisotopic (exact) mass is 249 g/mol. The van der Waals surface area contributed by atoms with E-state index in [1.807, 2.05) is 30.3 Å². The summed E-state index contributed by atoms with van der Waals surface area (Å²) in [6, 6.07) is 16.7. The number of hydrogen-bond acceptors (Lipinski definition) is 3. The van der Waals surface area contributed by atoms with Crippen molar-refractivity contribution >= 4 is 11.6 Å². The molecule has 4 heteroatoms. The van der Waals surface area contributed by atoms with E-state index in [0.717, 1.165) is 11.3 Å². The van der Waals surface area contributed by atoms with E-state index in [4.69, 9.17) is 5.26 Å². The van der Waals surface area contributed by atoms with Gasteiger partial charge in [0.15, 0.2) is 0 Å². The van der Waals surface area contributed by atoms with Gasteiger partial charge >= 0.3 is 0 Å². The smallest absolute Gasteiger partial charge is 0.255 e. The third kappa shape index (κ3) is 2.02. The molecule has 0 saturated carbocycles. The predicted molar refractivity (Wildman–Crippen MR) is 71.4 cm³/mol. The minimum Gasteiger partial charge on any atom is -0.361 e. The number of benzene rings is 2. The first-order valence-electron chi connectivity index (χ1n) is 5.94. The maximum Gasteiger partial charge on any atom is 0.255 e. The molecular formula is C15H11N3O. The Bertz CT molecular complexity index is 688. The molecule has 4 nitrogen and oxygen atoms in total. The summed E-state index contributed by atoms with van der Waals surface area (Å²) in [5.74, 6) is -0.110. The molecule has 1 amide bonds. The average Bonchev–Trinajstić information content (AvgIpc) is 2.47. The van der Waals surface area contributed by atoms with Gasteiger partial charge in [-0.2, -0.15) is 5.26 Å². The van der Waals surface area contributed by atoms with Crippen LogP contribution in [0.1, 0.15) is 27.7 Å². The molecule has 0 spiro atoms. The van der Waals surface area contributed by atoms with Crippen LogP contribution in [-0.4, -0.2) is 5.91 Å². The summed E-state index contributed by atoms with van der Waals surface area (Å²) in [4.78, 5) is 12.0. The highest BCUT2D eigenvalue weighted by Crippen LogP contribution is 2.26. The van der Waals surface area contributed by atoms with Crippen LogP contribution in [0.4, 0.5) is 5.69 Å². The molecule has 1 unspecified atom stereocenters. The number of nitrogens with one attached hydrogen (secondary N) is 2. The minimum atomic E-state index is -0.310. The predicted octanol–water partition coefficient (Wildman–Crippen LogP) is 2.41. The minimum absolute atomic E-state index is 0.110. The molecule has 0 aliphatic carbocycles. The molecule has 0 bridgehead atoms. The fraction of sp³-hybridized carbons (Fsp3) is 0.0667. The molecule has 2 aromatic carbocycles. The largest absolute Gasteiger partial charge is 0.361 e. The van der Waals surface area contributed by atoms with E-state index < -0.39 is 0 Å². The molecule has 2 aromatic rings. The second kappa shape index (κ2) is 4.46. The number of rotatable bonds is 1. The van der Waals surface area contributed by atoms with Gasteiger partial charge in [-0.15, -0.1) is 0 Å². The van der Waals surface area contributed by atoms with Crippen molar-refractivity contribution in [2.45, 2.75) is 6.17 Å². The number of anilines is 1. The highest BCUT2D eigenvalue weighted by Gasteiger charge is 2.23. The SMILES string of the molecule is N#Cc1cccc(C2NC(=O)c3ccccc3N2)c1. The molecule has 92 valence electrons. The second-order valence-corrected chi connectivity index (χ2v) is 4.33. The van der Waals surface area contributed by atoms with Crippen LogP contribution in [0.25, 0.3) is 0 Å². The Balaban J connectivity index is 1.97. The van der Waals surface area contributed by atoms with Crippen molar-refractivity contribution in [2.75, 3.05) is 5.32 Å². The van der Waals surface area contributed by atoms with Gasteiger partial charge in [0, 0.05) is 5.69 Å². The van der Waals surface area contributed by atoms with Crippen LogP contribution in [0.2, 0.25) is 0 Å². The summed E-state index contributed by atoms with van der Waals surface area (Å²) in [7, 11) is 0. The highest BCUT2D eigenvalue weighted by molar-refractivity contribution is 6.01. The number of hydrogen-bond donors (Lipinski definition) is 2. The standard InChI is InChI=1S/C15H11N3O/c16-9-10-4-3-5-11(8-10)14-17-13-7-2-1-6-12(13)15(19)18-14/h1-8,14,17H,(H,18,19). The number of carbonyl (C=O) groups is 1. The lowest BCUT2D eigenvalue weighted by atomic mass is 10.0. The molecule has 3 rings (SSSR count). The van der Waals surface area contributed by atoms with Gasteiger partial charge in [0.1, 0.15) is 6.17 Å². The summed E-state index contributed by atoms with van der Waals surface area (Å²) in [6.07, 6.45) is -0.310. The molecule has 1 atom stereocenters. The van der Waals surface area contributed by atoms with Crippen molar-refractivity contribution in [3.8, 4) is 6.07 Å². The normalized spacial score (nSPS) is 16.8. The lowest BCUT2D eigenvalue weighted by molar-refractivity contribution is 0.0935. The number of para-hydroxylation sites is 1. The Hall–Kier alpha value is -2.80. The van der Waals surface area contributed by atoms with Crippen LogP contribution in [0.5, 0.6) is 0 Å². The van der Waals surface area contributed by atoms with Crippen LogP contribution in [-0.2, 0) is 0 Å². The fourth-order valence-electron chi connectivity index (χ4n) is 2.16. The molecule has 1 aliphatic heterocycles. The van der Waals surface area contributed by atoms with Gasteiger partial charge in [0.05, 0.1) is 17.2 Å². The van der Waals surface area contributed by atoms with E-state index in [1.54, 1.807) is 18.2 Å². The maximum absolute atomic E-state index is 12.0. The third-order valence-corrected chi connectivity index (χ3v) is 3.10. The molecule has 0 fully saturated rings. The quantitative estimate of drug-likeness (QED) is 0.815. The summed E-state index contributed by atoms with van der Waals surface area (Å²) in [5, 5.41) is 15.0. The van der Waals surface area contributed by atoms with Crippen LogP contribution in [0.3, 0.4) is 0 Å². The molecule has 1 aliphatic rings. The van der Waals surface area contributed by atoms with E-state index in [0.29, 0.717) is 11.1 Å². The lowest BCUT2D eigenvalue weighted by Crippen LogP contribution is -2.38. The summed E-state index contributed by atoms with van der Waals surface area (Å²) >= 11 is 0. The highest BCUT2D eigenvalue weighted by atomic mass is 16.2. The van der Waals surface area contributed by atoms with Crippen LogP contribution >= 0.6 is 0 Å². The first kappa shape index (κ1) is 11.3. The van der Waals surface area contributed by atoms with Gasteiger partial charge in [0.2, 0.25) is 0 Å². The van der Waals surface area contributed by atoms with Gasteiger partial charge < -0.3 is 10.6 Å². The lowest BCUT2D eigenvalue weighted by Gasteiger charge is -2.28. The molecule has 1 heterocycles. The molecule has 0 radical (unpaired) electrons. The Morgan fingerprint density at radius 3 is 2.74 bits per heavy atom. The Labute approximate surface area is 110 Å². The fourth-order valence-corrected chi connectivity index (χ4v) is 2.16. The molecular weight excluding hydrogens is 238 g/mol. The summed E-state index contributed by atoms with van der Waals surface area (Å²) in [5.41, 5.74) is 2.88. The van der Waals surface area contributed by atoms with Gasteiger partial charge in [0.25, 0.3) is 5.91 Å². The first-order chi connectivity index (χ1) is 9.28. The van der Waals surface area contributed by atoms with Crippen molar-refractivity contribution in [1.82, 2.24) is 5.32 Å².